The molecular formula is C15H19NO3. The molecule has 1 aromatic carbocycles. The highest BCUT2D eigenvalue weighted by atomic mass is 16.5. The van der Waals surface area contributed by atoms with Gasteiger partial charge >= 0.3 is 5.97 Å². The van der Waals surface area contributed by atoms with Crippen LogP contribution in [0.3, 0.4) is 0 Å². The summed E-state index contributed by atoms with van der Waals surface area (Å²) in [6, 6.07) is 6.11. The Bertz CT molecular complexity index is 599. The zero-order chi connectivity index (χ0) is 14.0. The molecule has 0 bridgehead atoms. The molecule has 0 fully saturated rings. The first-order valence-corrected chi connectivity index (χ1v) is 6.43. The summed E-state index contributed by atoms with van der Waals surface area (Å²) in [5.74, 6) is -0.298. The molecule has 0 amide bonds. The maximum absolute atomic E-state index is 11.4. The zero-order valence-electron chi connectivity index (χ0n) is 11.5. The highest BCUT2D eigenvalue weighted by Gasteiger charge is 2.14. The monoisotopic (exact) mass is 261 g/mol. The van der Waals surface area contributed by atoms with Crippen molar-refractivity contribution in [3.8, 4) is 0 Å². The third-order valence-corrected chi connectivity index (χ3v) is 3.36. The summed E-state index contributed by atoms with van der Waals surface area (Å²) in [5, 5.41) is 10.9. The Morgan fingerprint density at radius 2 is 2.21 bits per heavy atom. The number of aliphatic hydroxyl groups excluding tert-OH is 1. The molecule has 2 rings (SSSR count). The zero-order valence-corrected chi connectivity index (χ0v) is 11.5. The average molecular weight is 261 g/mol. The number of carbonyl (C=O) groups excluding carboxylic acids is 1. The third kappa shape index (κ3) is 2.63. The van der Waals surface area contributed by atoms with Crippen LogP contribution in [0.2, 0.25) is 0 Å². The second kappa shape index (κ2) is 5.45. The molecule has 1 atom stereocenters. The van der Waals surface area contributed by atoms with E-state index in [2.05, 4.69) is 13.0 Å². The molecule has 4 nitrogen and oxygen atoms in total. The number of carbonyl (C=O) groups is 1. The molecule has 102 valence electrons. The first-order valence-electron chi connectivity index (χ1n) is 6.43. The Morgan fingerprint density at radius 1 is 1.47 bits per heavy atom. The molecule has 0 aliphatic carbocycles. The molecule has 1 aromatic heterocycles. The van der Waals surface area contributed by atoms with Crippen LogP contribution >= 0.6 is 0 Å². The van der Waals surface area contributed by atoms with Crippen LogP contribution in [0.15, 0.2) is 24.4 Å². The number of methoxy groups -OCH3 is 1. The van der Waals surface area contributed by atoms with Crippen molar-refractivity contribution in [3.05, 3.63) is 35.5 Å². The minimum Gasteiger partial charge on any atom is -0.468 e. The molecular weight excluding hydrogens is 242 g/mol. The van der Waals surface area contributed by atoms with Gasteiger partial charge in [-0.2, -0.15) is 0 Å². The van der Waals surface area contributed by atoms with E-state index in [1.807, 2.05) is 22.9 Å². The van der Waals surface area contributed by atoms with Crippen LogP contribution in [-0.4, -0.2) is 22.8 Å². The molecule has 0 spiro atoms. The van der Waals surface area contributed by atoms with Gasteiger partial charge in [-0.15, -0.1) is 0 Å². The van der Waals surface area contributed by atoms with E-state index in [1.54, 1.807) is 6.92 Å². The van der Waals surface area contributed by atoms with E-state index in [-0.39, 0.29) is 12.5 Å². The molecule has 1 N–H and O–H groups in total. The smallest absolute Gasteiger partial charge is 0.325 e. The van der Waals surface area contributed by atoms with Crippen molar-refractivity contribution in [2.24, 2.45) is 0 Å². The number of aryl methyl sites for hydroxylation is 1. The summed E-state index contributed by atoms with van der Waals surface area (Å²) in [4.78, 5) is 11.4. The molecule has 2 aromatic rings. The lowest BCUT2D eigenvalue weighted by Crippen LogP contribution is -2.10. The number of benzene rings is 1. The standard InChI is InChI=1S/C15H19NO3/c1-4-11-5-6-14-12(7-11)13(10(2)17)8-16(14)9-15(18)19-3/h5-8,10,17H,4,9H2,1-3H3. The van der Waals surface area contributed by atoms with Crippen molar-refractivity contribution in [1.82, 2.24) is 4.57 Å². The van der Waals surface area contributed by atoms with E-state index in [4.69, 9.17) is 4.74 Å². The number of nitrogens with zero attached hydrogens (tertiary/aromatic N) is 1. The SMILES string of the molecule is CCc1ccc2c(c1)c(C(C)O)cn2CC(=O)OC. The third-order valence-electron chi connectivity index (χ3n) is 3.36. The lowest BCUT2D eigenvalue weighted by Gasteiger charge is -2.04. The van der Waals surface area contributed by atoms with Crippen LogP contribution in [0.4, 0.5) is 0 Å². The summed E-state index contributed by atoms with van der Waals surface area (Å²) in [6.45, 7) is 3.98. The number of rotatable bonds is 4. The van der Waals surface area contributed by atoms with Crippen LogP contribution in [-0.2, 0) is 22.5 Å². The van der Waals surface area contributed by atoms with Gasteiger partial charge in [-0.05, 0) is 31.0 Å². The summed E-state index contributed by atoms with van der Waals surface area (Å²) >= 11 is 0. The maximum atomic E-state index is 11.4. The van der Waals surface area contributed by atoms with Crippen molar-refractivity contribution in [2.75, 3.05) is 7.11 Å². The Morgan fingerprint density at radius 3 is 2.79 bits per heavy atom. The highest BCUT2D eigenvalue weighted by Crippen LogP contribution is 2.27. The summed E-state index contributed by atoms with van der Waals surface area (Å²) in [7, 11) is 1.37. The van der Waals surface area contributed by atoms with Crippen LogP contribution in [0, 0.1) is 0 Å². The van der Waals surface area contributed by atoms with Gasteiger partial charge < -0.3 is 14.4 Å². The molecule has 0 aliphatic rings. The Hall–Kier alpha value is -1.81. The molecule has 4 heteroatoms. The van der Waals surface area contributed by atoms with Crippen molar-refractivity contribution in [2.45, 2.75) is 32.9 Å². The van der Waals surface area contributed by atoms with Gasteiger partial charge in [-0.25, -0.2) is 0 Å². The number of fused-ring (bicyclic) bond motifs is 1. The normalized spacial score (nSPS) is 12.6. The minimum absolute atomic E-state index is 0.158. The van der Waals surface area contributed by atoms with Gasteiger partial charge in [0, 0.05) is 22.7 Å². The molecule has 0 saturated carbocycles. The van der Waals surface area contributed by atoms with E-state index < -0.39 is 6.10 Å². The lowest BCUT2D eigenvalue weighted by molar-refractivity contribution is -0.141. The number of aliphatic hydroxyl groups is 1. The Balaban J connectivity index is 2.56. The first-order chi connectivity index (χ1) is 9.06. The van der Waals surface area contributed by atoms with Crippen molar-refractivity contribution >= 4 is 16.9 Å². The van der Waals surface area contributed by atoms with Crippen LogP contribution < -0.4 is 0 Å². The number of hydrogen-bond acceptors (Lipinski definition) is 3. The molecule has 1 heterocycles. The summed E-state index contributed by atoms with van der Waals surface area (Å²) in [6.07, 6.45) is 2.21. The Labute approximate surface area is 112 Å². The van der Waals surface area contributed by atoms with Crippen LogP contribution in [0.25, 0.3) is 10.9 Å². The lowest BCUT2D eigenvalue weighted by atomic mass is 10.1. The van der Waals surface area contributed by atoms with E-state index >= 15 is 0 Å². The van der Waals surface area contributed by atoms with E-state index in [0.717, 1.165) is 22.9 Å². The second-order valence-electron chi connectivity index (χ2n) is 4.67. The van der Waals surface area contributed by atoms with Gasteiger partial charge in [0.05, 0.1) is 13.2 Å². The van der Waals surface area contributed by atoms with Gasteiger partial charge in [0.2, 0.25) is 0 Å². The van der Waals surface area contributed by atoms with Crippen molar-refractivity contribution in [3.63, 3.8) is 0 Å². The topological polar surface area (TPSA) is 51.5 Å². The average Bonchev–Trinajstić information content (AvgIpc) is 2.76. The largest absolute Gasteiger partial charge is 0.468 e. The fraction of sp³-hybridized carbons (Fsp3) is 0.400. The number of esters is 1. The quantitative estimate of drug-likeness (QED) is 0.860. The minimum atomic E-state index is -0.562. The number of aromatic nitrogens is 1. The van der Waals surface area contributed by atoms with E-state index in [9.17, 15) is 9.90 Å². The van der Waals surface area contributed by atoms with Crippen molar-refractivity contribution < 1.29 is 14.6 Å². The van der Waals surface area contributed by atoms with Gasteiger partial charge in [0.15, 0.2) is 0 Å². The fourth-order valence-electron chi connectivity index (χ4n) is 2.26. The molecule has 19 heavy (non-hydrogen) atoms. The van der Waals surface area contributed by atoms with E-state index in [0.29, 0.717) is 0 Å². The van der Waals surface area contributed by atoms with Crippen LogP contribution in [0.5, 0.6) is 0 Å². The van der Waals surface area contributed by atoms with Gasteiger partial charge in [-0.3, -0.25) is 4.79 Å². The highest BCUT2D eigenvalue weighted by molar-refractivity contribution is 5.86. The molecule has 0 saturated heterocycles. The van der Waals surface area contributed by atoms with Gasteiger partial charge in [0.25, 0.3) is 0 Å². The predicted molar refractivity (Wildman–Crippen MR) is 74.0 cm³/mol. The molecule has 1 unspecified atom stereocenters. The molecule has 0 aliphatic heterocycles. The van der Waals surface area contributed by atoms with Crippen LogP contribution in [0.1, 0.15) is 31.1 Å². The predicted octanol–water partition coefficient (Wildman–Crippen LogP) is 2.43. The number of ether oxygens (including phenoxy) is 1. The van der Waals surface area contributed by atoms with Gasteiger partial charge in [-0.1, -0.05) is 13.0 Å². The fourth-order valence-corrected chi connectivity index (χ4v) is 2.26. The second-order valence-corrected chi connectivity index (χ2v) is 4.67. The first kappa shape index (κ1) is 13.6. The van der Waals surface area contributed by atoms with Gasteiger partial charge in [0.1, 0.15) is 6.54 Å². The number of hydrogen-bond donors (Lipinski definition) is 1. The summed E-state index contributed by atoms with van der Waals surface area (Å²) in [5.41, 5.74) is 3.00. The van der Waals surface area contributed by atoms with E-state index in [1.165, 1.54) is 12.7 Å². The maximum Gasteiger partial charge on any atom is 0.325 e. The Kier molecular flexibility index (Phi) is 3.90. The molecule has 0 radical (unpaired) electrons. The summed E-state index contributed by atoms with van der Waals surface area (Å²) < 4.78 is 6.52. The van der Waals surface area contributed by atoms with Crippen molar-refractivity contribution in [1.29, 1.82) is 0 Å².